The van der Waals surface area contributed by atoms with Crippen LogP contribution in [0.25, 0.3) is 10.8 Å². The topological polar surface area (TPSA) is 75.6 Å². The normalized spacial score (nSPS) is 11.9. The summed E-state index contributed by atoms with van der Waals surface area (Å²) in [6.45, 7) is 1.21. The van der Waals surface area contributed by atoms with Crippen molar-refractivity contribution in [2.75, 3.05) is 5.32 Å². The molecule has 0 aromatic heterocycles. The van der Waals surface area contributed by atoms with E-state index < -0.39 is 41.1 Å². The second-order valence-corrected chi connectivity index (χ2v) is 5.94. The fourth-order valence-electron chi connectivity index (χ4n) is 2.55. The number of benzene rings is 3. The molecule has 0 radical (unpaired) electrons. The summed E-state index contributed by atoms with van der Waals surface area (Å²) in [7, 11) is 0. The molecule has 0 aliphatic rings. The Morgan fingerprint density at radius 3 is 2.46 bits per heavy atom. The smallest absolute Gasteiger partial charge is 0.342 e. The summed E-state index contributed by atoms with van der Waals surface area (Å²) in [6, 6.07) is 11.3. The molecule has 5 nitrogen and oxygen atoms in total. The number of fused-ring (bicyclic) bond motifs is 1. The molecular weight excluding hydrogens is 375 g/mol. The highest BCUT2D eigenvalue weighted by Gasteiger charge is 2.23. The highest BCUT2D eigenvalue weighted by Crippen LogP contribution is 2.29. The van der Waals surface area contributed by atoms with Crippen molar-refractivity contribution in [3.05, 3.63) is 71.5 Å². The molecule has 3 rings (SSSR count). The van der Waals surface area contributed by atoms with Crippen LogP contribution in [0.1, 0.15) is 17.3 Å². The molecule has 0 unspecified atom stereocenters. The number of esters is 1. The van der Waals surface area contributed by atoms with Crippen LogP contribution in [0.4, 0.5) is 18.9 Å². The van der Waals surface area contributed by atoms with E-state index in [2.05, 4.69) is 0 Å². The Morgan fingerprint density at radius 1 is 1.00 bits per heavy atom. The van der Waals surface area contributed by atoms with Gasteiger partial charge in [-0.05, 0) is 30.5 Å². The first-order chi connectivity index (χ1) is 13.3. The molecule has 0 spiro atoms. The third-order valence-corrected chi connectivity index (χ3v) is 4.07. The number of nitrogens with one attached hydrogen (secondary N) is 1. The van der Waals surface area contributed by atoms with Crippen molar-refractivity contribution in [2.24, 2.45) is 0 Å². The Labute approximate surface area is 157 Å². The van der Waals surface area contributed by atoms with Gasteiger partial charge in [-0.15, -0.1) is 0 Å². The van der Waals surface area contributed by atoms with Crippen LogP contribution < -0.4 is 5.32 Å². The molecule has 0 fully saturated rings. The van der Waals surface area contributed by atoms with Crippen molar-refractivity contribution in [3.63, 3.8) is 0 Å². The second-order valence-electron chi connectivity index (χ2n) is 5.94. The number of anilines is 1. The van der Waals surface area contributed by atoms with Crippen LogP contribution in [0.3, 0.4) is 0 Å². The predicted octanol–water partition coefficient (Wildman–Crippen LogP) is 4.15. The molecule has 0 heterocycles. The fourth-order valence-corrected chi connectivity index (χ4v) is 2.55. The molecule has 3 aromatic carbocycles. The van der Waals surface area contributed by atoms with Crippen molar-refractivity contribution in [1.82, 2.24) is 0 Å². The highest BCUT2D eigenvalue weighted by atomic mass is 19.2. The SMILES string of the molecule is C[C@H](OC(=O)c1ccc2ccccc2c1O)C(=O)Nc1ccc(F)c(F)c1F. The average Bonchev–Trinajstić information content (AvgIpc) is 2.68. The monoisotopic (exact) mass is 389 g/mol. The Morgan fingerprint density at radius 2 is 1.71 bits per heavy atom. The summed E-state index contributed by atoms with van der Waals surface area (Å²) in [5, 5.41) is 13.4. The van der Waals surface area contributed by atoms with Gasteiger partial charge < -0.3 is 15.2 Å². The van der Waals surface area contributed by atoms with E-state index in [4.69, 9.17) is 4.74 Å². The maximum Gasteiger partial charge on any atom is 0.342 e. The molecule has 0 saturated heterocycles. The van der Waals surface area contributed by atoms with Gasteiger partial charge in [-0.2, -0.15) is 0 Å². The molecule has 144 valence electrons. The van der Waals surface area contributed by atoms with Crippen LogP contribution in [0.15, 0.2) is 48.5 Å². The van der Waals surface area contributed by atoms with Crippen LogP contribution >= 0.6 is 0 Å². The minimum Gasteiger partial charge on any atom is -0.506 e. The number of carbonyl (C=O) groups is 2. The molecule has 28 heavy (non-hydrogen) atoms. The summed E-state index contributed by atoms with van der Waals surface area (Å²) < 4.78 is 44.8. The first kappa shape index (κ1) is 19.2. The zero-order valence-electron chi connectivity index (χ0n) is 14.5. The number of aromatic hydroxyl groups is 1. The van der Waals surface area contributed by atoms with E-state index >= 15 is 0 Å². The number of amides is 1. The molecule has 1 atom stereocenters. The number of halogens is 3. The lowest BCUT2D eigenvalue weighted by atomic mass is 10.1. The van der Waals surface area contributed by atoms with E-state index in [1.54, 1.807) is 30.3 Å². The van der Waals surface area contributed by atoms with Crippen molar-refractivity contribution >= 4 is 28.3 Å². The van der Waals surface area contributed by atoms with Gasteiger partial charge in [0.15, 0.2) is 23.6 Å². The molecule has 3 aromatic rings. The van der Waals surface area contributed by atoms with Gasteiger partial charge in [0.2, 0.25) is 0 Å². The van der Waals surface area contributed by atoms with Crippen molar-refractivity contribution in [1.29, 1.82) is 0 Å². The minimum atomic E-state index is -1.73. The third kappa shape index (κ3) is 3.62. The molecule has 0 aliphatic heterocycles. The lowest BCUT2D eigenvalue weighted by Crippen LogP contribution is -2.30. The van der Waals surface area contributed by atoms with E-state index in [0.29, 0.717) is 16.8 Å². The quantitative estimate of drug-likeness (QED) is 0.519. The van der Waals surface area contributed by atoms with Gasteiger partial charge in [0.1, 0.15) is 11.3 Å². The number of hydrogen-bond donors (Lipinski definition) is 2. The molecular formula is C20H14F3NO4. The van der Waals surface area contributed by atoms with Crippen LogP contribution in [0, 0.1) is 17.5 Å². The lowest BCUT2D eigenvalue weighted by Gasteiger charge is -2.15. The highest BCUT2D eigenvalue weighted by molar-refractivity contribution is 6.02. The van der Waals surface area contributed by atoms with Gasteiger partial charge in [0, 0.05) is 5.39 Å². The first-order valence-corrected chi connectivity index (χ1v) is 8.15. The van der Waals surface area contributed by atoms with E-state index in [9.17, 15) is 27.9 Å². The van der Waals surface area contributed by atoms with Gasteiger partial charge >= 0.3 is 5.97 Å². The maximum atomic E-state index is 13.6. The summed E-state index contributed by atoms with van der Waals surface area (Å²) >= 11 is 0. The third-order valence-electron chi connectivity index (χ3n) is 4.07. The number of phenols is 1. The van der Waals surface area contributed by atoms with Crippen LogP contribution in [0.5, 0.6) is 5.75 Å². The Kier molecular flexibility index (Phi) is 5.21. The second kappa shape index (κ2) is 7.59. The zero-order chi connectivity index (χ0) is 20.4. The Hall–Kier alpha value is -3.55. The van der Waals surface area contributed by atoms with Gasteiger partial charge in [-0.1, -0.05) is 30.3 Å². The predicted molar refractivity (Wildman–Crippen MR) is 95.4 cm³/mol. The average molecular weight is 389 g/mol. The van der Waals surface area contributed by atoms with Crippen molar-refractivity contribution in [3.8, 4) is 5.75 Å². The van der Waals surface area contributed by atoms with Gasteiger partial charge in [0.25, 0.3) is 5.91 Å². The summed E-state index contributed by atoms with van der Waals surface area (Å²) in [5.41, 5.74) is -0.752. The van der Waals surface area contributed by atoms with Crippen LogP contribution in [-0.2, 0) is 9.53 Å². The largest absolute Gasteiger partial charge is 0.506 e. The van der Waals surface area contributed by atoms with E-state index in [-0.39, 0.29) is 11.3 Å². The number of phenolic OH excluding ortho intramolecular Hbond substituents is 1. The fraction of sp³-hybridized carbons (Fsp3) is 0.100. The maximum absolute atomic E-state index is 13.6. The molecule has 0 aliphatic carbocycles. The minimum absolute atomic E-state index is 0.155. The summed E-state index contributed by atoms with van der Waals surface area (Å²) in [5.74, 6) is -6.94. The molecule has 8 heteroatoms. The number of ether oxygens (including phenoxy) is 1. The standard InChI is InChI=1S/C20H14F3NO4/c1-10(19(26)24-15-9-8-14(21)16(22)17(15)23)28-20(27)13-7-6-11-4-2-3-5-12(11)18(13)25/h2-10,25H,1H3,(H,24,26)/t10-/m0/s1. The lowest BCUT2D eigenvalue weighted by molar-refractivity contribution is -0.123. The van der Waals surface area contributed by atoms with E-state index in [1.165, 1.54) is 13.0 Å². The first-order valence-electron chi connectivity index (χ1n) is 8.15. The zero-order valence-corrected chi connectivity index (χ0v) is 14.5. The van der Waals surface area contributed by atoms with E-state index in [1.807, 2.05) is 5.32 Å². The summed E-state index contributed by atoms with van der Waals surface area (Å²) in [4.78, 5) is 24.4. The van der Waals surface area contributed by atoms with Crippen LogP contribution in [0.2, 0.25) is 0 Å². The van der Waals surface area contributed by atoms with Crippen molar-refractivity contribution < 1.29 is 32.6 Å². The van der Waals surface area contributed by atoms with E-state index in [0.717, 1.165) is 6.07 Å². The van der Waals surface area contributed by atoms with Crippen molar-refractivity contribution in [2.45, 2.75) is 13.0 Å². The Bertz CT molecular complexity index is 1080. The van der Waals surface area contributed by atoms with Gasteiger partial charge in [0.05, 0.1) is 5.69 Å². The summed E-state index contributed by atoms with van der Waals surface area (Å²) in [6.07, 6.45) is -1.40. The molecule has 0 bridgehead atoms. The number of carbonyl (C=O) groups excluding carboxylic acids is 2. The molecule has 0 saturated carbocycles. The number of rotatable bonds is 4. The van der Waals surface area contributed by atoms with Gasteiger partial charge in [-0.25, -0.2) is 18.0 Å². The molecule has 2 N–H and O–H groups in total. The number of hydrogen-bond acceptors (Lipinski definition) is 4. The Balaban J connectivity index is 1.75. The molecule has 1 amide bonds. The van der Waals surface area contributed by atoms with Gasteiger partial charge in [-0.3, -0.25) is 4.79 Å². The van der Waals surface area contributed by atoms with Crippen LogP contribution in [-0.4, -0.2) is 23.1 Å².